The van der Waals surface area contributed by atoms with Crippen molar-refractivity contribution in [1.29, 1.82) is 0 Å². The van der Waals surface area contributed by atoms with Crippen molar-refractivity contribution in [3.63, 3.8) is 0 Å². The number of rotatable bonds is 5. The van der Waals surface area contributed by atoms with E-state index in [0.717, 1.165) is 79.5 Å². The van der Waals surface area contributed by atoms with Gasteiger partial charge in [-0.3, -0.25) is 14.4 Å². The lowest BCUT2D eigenvalue weighted by Gasteiger charge is -2.53. The molecule has 0 atom stereocenters. The van der Waals surface area contributed by atoms with Crippen LogP contribution in [0.4, 0.5) is 26.0 Å². The fraction of sp³-hybridized carbons (Fsp3) is 0.318. The average molecular weight is 749 g/mol. The number of para-hydroxylation sites is 2. The first-order valence-corrected chi connectivity index (χ1v) is 18.7. The minimum absolute atomic E-state index is 0.0687. The summed E-state index contributed by atoms with van der Waals surface area (Å²) < 4.78 is 39.2. The number of carbonyl (C=O) groups is 3. The number of anilines is 3. The number of carbonyl (C=O) groups excluding carboxylic acids is 3. The number of pyridine rings is 1. The van der Waals surface area contributed by atoms with Crippen LogP contribution in [0.1, 0.15) is 81.7 Å². The number of halogens is 2. The molecule has 11 heteroatoms. The van der Waals surface area contributed by atoms with Gasteiger partial charge in [0.05, 0.1) is 11.3 Å². The number of aryl methyl sites for hydroxylation is 2. The molecule has 2 amide bonds. The molecule has 3 aliphatic heterocycles. The van der Waals surface area contributed by atoms with Crippen molar-refractivity contribution < 1.29 is 32.3 Å². The Hall–Kier alpha value is -5.68. The molecule has 0 radical (unpaired) electrons. The largest absolute Gasteiger partial charge is 0.451 e. The monoisotopic (exact) mass is 748 g/mol. The molecule has 286 valence electrons. The normalized spacial score (nSPS) is 15.2. The maximum atomic E-state index is 14.0. The quantitative estimate of drug-likeness (QED) is 0.179. The van der Waals surface area contributed by atoms with Gasteiger partial charge < -0.3 is 24.3 Å². The number of fused-ring (bicyclic) bond motifs is 3. The molecular weight excluding hydrogens is 703 g/mol. The third-order valence-electron chi connectivity index (χ3n) is 10.1. The van der Waals surface area contributed by atoms with Crippen LogP contribution >= 0.6 is 0 Å². The number of hydrogen-bond donors (Lipinski definition) is 1. The van der Waals surface area contributed by atoms with Crippen LogP contribution in [0.15, 0.2) is 89.3 Å². The fourth-order valence-corrected chi connectivity index (χ4v) is 7.16. The van der Waals surface area contributed by atoms with E-state index < -0.39 is 23.2 Å². The van der Waals surface area contributed by atoms with E-state index in [1.54, 1.807) is 30.0 Å². The van der Waals surface area contributed by atoms with E-state index in [1.165, 1.54) is 6.07 Å². The Balaban J connectivity index is 0.000000207. The van der Waals surface area contributed by atoms with Crippen LogP contribution in [-0.4, -0.2) is 55.4 Å². The van der Waals surface area contributed by atoms with Gasteiger partial charge in [-0.25, -0.2) is 13.8 Å². The first-order chi connectivity index (χ1) is 26.5. The first kappa shape index (κ1) is 39.0. The second-order valence-electron chi connectivity index (χ2n) is 14.0. The average Bonchev–Trinajstić information content (AvgIpc) is 3.55. The zero-order valence-electron chi connectivity index (χ0n) is 31.9. The molecule has 3 aliphatic rings. The lowest BCUT2D eigenvalue weighted by atomic mass is 9.73. The molecule has 55 heavy (non-hydrogen) atoms. The Labute approximate surface area is 320 Å². The summed E-state index contributed by atoms with van der Waals surface area (Å²) in [5.74, 6) is -1.31. The van der Waals surface area contributed by atoms with E-state index in [0.29, 0.717) is 41.0 Å². The fourth-order valence-electron chi connectivity index (χ4n) is 7.16. The van der Waals surface area contributed by atoms with Crippen molar-refractivity contribution in [2.45, 2.75) is 53.9 Å². The van der Waals surface area contributed by atoms with Gasteiger partial charge in [-0.2, -0.15) is 0 Å². The number of furan rings is 1. The van der Waals surface area contributed by atoms with Gasteiger partial charge >= 0.3 is 0 Å². The first-order valence-electron chi connectivity index (χ1n) is 18.7. The molecule has 5 aromatic rings. The zero-order chi connectivity index (χ0) is 39.3. The molecule has 2 saturated heterocycles. The Morgan fingerprint density at radius 1 is 0.855 bits per heavy atom. The Bertz CT molecular complexity index is 2160. The molecular formula is C44H46F2N4O5. The third kappa shape index (κ3) is 8.37. The highest BCUT2D eigenvalue weighted by Crippen LogP contribution is 2.43. The van der Waals surface area contributed by atoms with Gasteiger partial charge in [-0.15, -0.1) is 0 Å². The van der Waals surface area contributed by atoms with Gasteiger partial charge in [-0.05, 0) is 94.6 Å². The summed E-state index contributed by atoms with van der Waals surface area (Å²) in [5.41, 5.74) is 5.26. The van der Waals surface area contributed by atoms with E-state index in [2.05, 4.69) is 15.2 Å². The molecule has 0 unspecified atom stereocenters. The molecule has 2 aromatic heterocycles. The Morgan fingerprint density at radius 2 is 1.53 bits per heavy atom. The SMILES string of the molecule is CC.CC(=O)c1ccc(C)nc1N1CC2(CCOCC2)C1.Cc1ccc(C(=O)N2CCc3cc(C(=O)Nc4c(F)cccc4F)oc3-c3ccccc32)cc1. The van der Waals surface area contributed by atoms with Gasteiger partial charge in [-0.1, -0.05) is 49.7 Å². The number of benzene rings is 3. The highest BCUT2D eigenvalue weighted by atomic mass is 19.1. The topological polar surface area (TPSA) is 105 Å². The maximum absolute atomic E-state index is 14.0. The molecule has 2 fully saturated rings. The molecule has 3 aromatic carbocycles. The minimum atomic E-state index is -0.878. The Morgan fingerprint density at radius 3 is 2.20 bits per heavy atom. The lowest BCUT2D eigenvalue weighted by Crippen LogP contribution is -2.59. The van der Waals surface area contributed by atoms with Crippen molar-refractivity contribution in [3.8, 4) is 11.3 Å². The van der Waals surface area contributed by atoms with Crippen LogP contribution in [0.3, 0.4) is 0 Å². The molecule has 9 nitrogen and oxygen atoms in total. The highest BCUT2D eigenvalue weighted by molar-refractivity contribution is 6.09. The van der Waals surface area contributed by atoms with Gasteiger partial charge in [0, 0.05) is 60.6 Å². The van der Waals surface area contributed by atoms with Gasteiger partial charge in [0.15, 0.2) is 11.5 Å². The summed E-state index contributed by atoms with van der Waals surface area (Å²) >= 11 is 0. The number of nitrogens with one attached hydrogen (secondary N) is 1. The maximum Gasteiger partial charge on any atom is 0.291 e. The number of Topliss-reactive ketones (excluding diaryl/α,β-unsaturated/α-hetero) is 1. The zero-order valence-corrected chi connectivity index (χ0v) is 31.9. The number of ketones is 1. The van der Waals surface area contributed by atoms with Crippen LogP contribution < -0.4 is 15.1 Å². The van der Waals surface area contributed by atoms with Crippen molar-refractivity contribution in [3.05, 3.63) is 130 Å². The summed E-state index contributed by atoms with van der Waals surface area (Å²) in [7, 11) is 0. The number of nitrogens with zero attached hydrogens (tertiary/aromatic N) is 3. The molecule has 0 saturated carbocycles. The summed E-state index contributed by atoms with van der Waals surface area (Å²) in [6.07, 6.45) is 2.70. The van der Waals surface area contributed by atoms with E-state index in [9.17, 15) is 23.2 Å². The van der Waals surface area contributed by atoms with Crippen LogP contribution in [-0.2, 0) is 11.2 Å². The standard InChI is InChI=1S/C27H20F2N2O3.C15H20N2O2.C2H6/c1-16-9-11-17(12-10-16)27(33)31-14-13-18-15-23(34-25(18)19-5-2-3-8-22(19)31)26(32)30-24-20(28)6-4-7-21(24)29;1-11-3-4-13(12(2)18)14(16-11)17-9-15(10-17)5-7-19-8-6-15;1-2/h2-12,15H,13-14H2,1H3,(H,30,32);3-4H,5-10H2,1-2H3;1-2H3. The van der Waals surface area contributed by atoms with Crippen molar-refractivity contribution >= 4 is 34.8 Å². The Kier molecular flexibility index (Phi) is 11.9. The van der Waals surface area contributed by atoms with Gasteiger partial charge in [0.1, 0.15) is 28.9 Å². The van der Waals surface area contributed by atoms with Gasteiger partial charge in [0.25, 0.3) is 11.8 Å². The lowest BCUT2D eigenvalue weighted by molar-refractivity contribution is -0.000521. The second-order valence-corrected chi connectivity index (χ2v) is 14.0. The van der Waals surface area contributed by atoms with E-state index in [4.69, 9.17) is 9.15 Å². The molecule has 1 N–H and O–H groups in total. The molecule has 8 rings (SSSR count). The third-order valence-corrected chi connectivity index (χ3v) is 10.1. The molecule has 5 heterocycles. The van der Waals surface area contributed by atoms with Crippen molar-refractivity contribution in [1.82, 2.24) is 4.98 Å². The summed E-state index contributed by atoms with van der Waals surface area (Å²) in [6, 6.07) is 23.4. The highest BCUT2D eigenvalue weighted by Gasteiger charge is 2.45. The van der Waals surface area contributed by atoms with E-state index in [-0.39, 0.29) is 17.5 Å². The summed E-state index contributed by atoms with van der Waals surface area (Å²) in [4.78, 5) is 46.2. The second kappa shape index (κ2) is 16.8. The van der Waals surface area contributed by atoms with Crippen LogP contribution in [0.5, 0.6) is 0 Å². The van der Waals surface area contributed by atoms with Crippen molar-refractivity contribution in [2.24, 2.45) is 5.41 Å². The molecule has 0 aliphatic carbocycles. The van der Waals surface area contributed by atoms with Crippen molar-refractivity contribution in [2.75, 3.05) is 48.0 Å². The van der Waals surface area contributed by atoms with Crippen LogP contribution in [0.2, 0.25) is 0 Å². The minimum Gasteiger partial charge on any atom is -0.451 e. The predicted octanol–water partition coefficient (Wildman–Crippen LogP) is 9.22. The van der Waals surface area contributed by atoms with E-state index >= 15 is 0 Å². The number of amides is 2. The van der Waals surface area contributed by atoms with E-state index in [1.807, 2.05) is 76.2 Å². The molecule has 1 spiro atoms. The van der Waals surface area contributed by atoms with Gasteiger partial charge in [0.2, 0.25) is 0 Å². The number of ether oxygens (including phenoxy) is 1. The number of aromatic nitrogens is 1. The number of hydrogen-bond acceptors (Lipinski definition) is 7. The summed E-state index contributed by atoms with van der Waals surface area (Å²) in [6.45, 7) is 13.7. The van der Waals surface area contributed by atoms with Crippen LogP contribution in [0.25, 0.3) is 11.3 Å². The summed E-state index contributed by atoms with van der Waals surface area (Å²) in [5, 5.41) is 2.25. The molecule has 0 bridgehead atoms. The predicted molar refractivity (Wildman–Crippen MR) is 210 cm³/mol. The smallest absolute Gasteiger partial charge is 0.291 e. The van der Waals surface area contributed by atoms with Crippen LogP contribution in [0, 0.1) is 30.9 Å².